The Morgan fingerprint density at radius 2 is 1.81 bits per heavy atom. The second-order valence-corrected chi connectivity index (χ2v) is 7.56. The van der Waals surface area contributed by atoms with Crippen molar-refractivity contribution in [3.63, 3.8) is 0 Å². The van der Waals surface area contributed by atoms with Crippen molar-refractivity contribution in [2.24, 2.45) is 4.99 Å². The number of benzene rings is 1. The number of aromatic nitrogens is 1. The van der Waals surface area contributed by atoms with Crippen LogP contribution in [-0.2, 0) is 17.9 Å². The normalized spacial score (nSPS) is 14.1. The Morgan fingerprint density at radius 3 is 2.39 bits per heavy atom. The molecular weight excluding hydrogens is 388 g/mol. The fraction of sp³-hybridized carbons (Fsp3) is 0.458. The third-order valence-corrected chi connectivity index (χ3v) is 5.44. The van der Waals surface area contributed by atoms with Crippen LogP contribution in [0.15, 0.2) is 47.6 Å². The Hall–Kier alpha value is -3.09. The minimum Gasteiger partial charge on any atom is -0.357 e. The van der Waals surface area contributed by atoms with Crippen LogP contribution >= 0.6 is 0 Å². The van der Waals surface area contributed by atoms with Gasteiger partial charge in [0.25, 0.3) is 0 Å². The number of hydrogen-bond donors (Lipinski definition) is 2. The van der Waals surface area contributed by atoms with Crippen molar-refractivity contribution in [2.45, 2.75) is 46.7 Å². The molecule has 7 nitrogen and oxygen atoms in total. The molecule has 1 fully saturated rings. The van der Waals surface area contributed by atoms with Crippen molar-refractivity contribution in [1.29, 1.82) is 0 Å². The number of carbonyl (C=O) groups is 1. The summed E-state index contributed by atoms with van der Waals surface area (Å²) in [7, 11) is 0. The second kappa shape index (κ2) is 11.3. The van der Waals surface area contributed by atoms with Crippen molar-refractivity contribution in [3.8, 4) is 0 Å². The topological polar surface area (TPSA) is 72.9 Å². The van der Waals surface area contributed by atoms with E-state index >= 15 is 0 Å². The van der Waals surface area contributed by atoms with Gasteiger partial charge in [-0.15, -0.1) is 0 Å². The third-order valence-electron chi connectivity index (χ3n) is 5.44. The molecule has 0 unspecified atom stereocenters. The number of anilines is 2. The largest absolute Gasteiger partial charge is 0.357 e. The molecule has 1 aromatic carbocycles. The van der Waals surface area contributed by atoms with E-state index in [0.29, 0.717) is 19.5 Å². The van der Waals surface area contributed by atoms with Crippen LogP contribution in [0.25, 0.3) is 0 Å². The van der Waals surface area contributed by atoms with Crippen LogP contribution < -0.4 is 20.4 Å². The van der Waals surface area contributed by atoms with Gasteiger partial charge in [0.1, 0.15) is 5.82 Å². The zero-order valence-electron chi connectivity index (χ0n) is 18.9. The van der Waals surface area contributed by atoms with Crippen LogP contribution in [-0.4, -0.2) is 43.0 Å². The molecule has 0 bridgehead atoms. The summed E-state index contributed by atoms with van der Waals surface area (Å²) in [5.74, 6) is 1.99. The second-order valence-electron chi connectivity index (χ2n) is 7.56. The lowest BCUT2D eigenvalue weighted by molar-refractivity contribution is -0.117. The summed E-state index contributed by atoms with van der Waals surface area (Å²) in [5.41, 5.74) is 3.20. The highest BCUT2D eigenvalue weighted by Gasteiger charge is 2.21. The summed E-state index contributed by atoms with van der Waals surface area (Å²) in [6.07, 6.45) is 3.50. The van der Waals surface area contributed by atoms with E-state index in [1.165, 1.54) is 0 Å². The molecule has 2 N–H and O–H groups in total. The smallest absolute Gasteiger partial charge is 0.227 e. The summed E-state index contributed by atoms with van der Waals surface area (Å²) < 4.78 is 0. The minimum atomic E-state index is 0.215. The first kappa shape index (κ1) is 22.6. The number of guanidine groups is 1. The Kier molecular flexibility index (Phi) is 8.27. The highest BCUT2D eigenvalue weighted by atomic mass is 16.2. The first-order valence-corrected chi connectivity index (χ1v) is 11.3. The van der Waals surface area contributed by atoms with Gasteiger partial charge in [-0.05, 0) is 56.5 Å². The lowest BCUT2D eigenvalue weighted by Gasteiger charge is -2.19. The molecule has 166 valence electrons. The molecule has 1 saturated heterocycles. The van der Waals surface area contributed by atoms with Gasteiger partial charge in [-0.25, -0.2) is 9.98 Å². The van der Waals surface area contributed by atoms with Crippen molar-refractivity contribution in [3.05, 3.63) is 53.7 Å². The fourth-order valence-electron chi connectivity index (χ4n) is 3.66. The first-order valence-electron chi connectivity index (χ1n) is 11.3. The average Bonchev–Trinajstić information content (AvgIpc) is 3.23. The lowest BCUT2D eigenvalue weighted by Crippen LogP contribution is -2.36. The molecule has 31 heavy (non-hydrogen) atoms. The monoisotopic (exact) mass is 422 g/mol. The summed E-state index contributed by atoms with van der Waals surface area (Å²) in [5, 5.41) is 6.67. The van der Waals surface area contributed by atoms with Gasteiger partial charge in [-0.1, -0.05) is 18.2 Å². The first-order chi connectivity index (χ1) is 15.1. The zero-order chi connectivity index (χ0) is 22.1. The molecule has 7 heteroatoms. The molecule has 1 aliphatic heterocycles. The molecule has 0 spiro atoms. The number of hydrogen-bond acceptors (Lipinski definition) is 4. The third kappa shape index (κ3) is 6.20. The molecule has 2 aromatic rings. The maximum absolute atomic E-state index is 11.9. The highest BCUT2D eigenvalue weighted by Crippen LogP contribution is 2.21. The predicted octanol–water partition coefficient (Wildman–Crippen LogP) is 3.31. The van der Waals surface area contributed by atoms with E-state index in [1.807, 2.05) is 23.2 Å². The molecule has 3 rings (SSSR count). The van der Waals surface area contributed by atoms with E-state index in [1.54, 1.807) is 0 Å². The van der Waals surface area contributed by atoms with Crippen LogP contribution in [0.3, 0.4) is 0 Å². The molecule has 1 aliphatic rings. The van der Waals surface area contributed by atoms with Gasteiger partial charge < -0.3 is 20.4 Å². The molecule has 0 radical (unpaired) electrons. The van der Waals surface area contributed by atoms with E-state index in [2.05, 4.69) is 65.6 Å². The predicted molar refractivity (Wildman–Crippen MR) is 127 cm³/mol. The Bertz CT molecular complexity index is 859. The van der Waals surface area contributed by atoms with Gasteiger partial charge >= 0.3 is 0 Å². The van der Waals surface area contributed by atoms with Crippen molar-refractivity contribution < 1.29 is 4.79 Å². The number of nitrogens with one attached hydrogen (secondary N) is 2. The summed E-state index contributed by atoms with van der Waals surface area (Å²) in [6, 6.07) is 12.3. The Labute approximate surface area is 185 Å². The van der Waals surface area contributed by atoms with Gasteiger partial charge in [0.15, 0.2) is 5.96 Å². The van der Waals surface area contributed by atoms with Crippen molar-refractivity contribution in [2.75, 3.05) is 36.0 Å². The SMILES string of the molecule is CCNC(=NCc1ccc(N(CC)CC)nc1)NCc1ccc(N2CCCC2=O)cc1. The Morgan fingerprint density at radius 1 is 1.06 bits per heavy atom. The maximum atomic E-state index is 11.9. The zero-order valence-corrected chi connectivity index (χ0v) is 18.9. The molecule has 1 amide bonds. The molecule has 1 aromatic heterocycles. The van der Waals surface area contributed by atoms with Gasteiger partial charge in [-0.3, -0.25) is 4.79 Å². The van der Waals surface area contributed by atoms with Crippen LogP contribution in [0.2, 0.25) is 0 Å². The number of pyridine rings is 1. The number of rotatable bonds is 9. The minimum absolute atomic E-state index is 0.215. The van der Waals surface area contributed by atoms with Crippen LogP contribution in [0, 0.1) is 0 Å². The molecule has 0 saturated carbocycles. The van der Waals surface area contributed by atoms with Crippen LogP contribution in [0.1, 0.15) is 44.7 Å². The maximum Gasteiger partial charge on any atom is 0.227 e. The molecular formula is C24H34N6O. The van der Waals surface area contributed by atoms with Crippen LogP contribution in [0.5, 0.6) is 0 Å². The fourth-order valence-corrected chi connectivity index (χ4v) is 3.66. The standard InChI is InChI=1S/C24H34N6O/c1-4-25-24(28-18-20-11-14-22(26-17-20)29(5-2)6-3)27-16-19-9-12-21(13-10-19)30-15-7-8-23(30)31/h9-14,17H,4-8,15-16,18H2,1-3H3,(H2,25,27,28). The van der Waals surface area contributed by atoms with Gasteiger partial charge in [0.05, 0.1) is 6.54 Å². The summed E-state index contributed by atoms with van der Waals surface area (Å²) in [4.78, 5) is 25.3. The number of carbonyl (C=O) groups excluding carboxylic acids is 1. The number of amides is 1. The van der Waals surface area contributed by atoms with Crippen LogP contribution in [0.4, 0.5) is 11.5 Å². The molecule has 2 heterocycles. The summed E-state index contributed by atoms with van der Waals surface area (Å²) >= 11 is 0. The van der Waals surface area contributed by atoms with Gasteiger partial charge in [-0.2, -0.15) is 0 Å². The van der Waals surface area contributed by atoms with Crippen molar-refractivity contribution >= 4 is 23.4 Å². The average molecular weight is 423 g/mol. The Balaban J connectivity index is 1.56. The summed E-state index contributed by atoms with van der Waals surface area (Å²) in [6.45, 7) is 11.1. The lowest BCUT2D eigenvalue weighted by atomic mass is 10.2. The van der Waals surface area contributed by atoms with E-state index < -0.39 is 0 Å². The van der Waals surface area contributed by atoms with E-state index in [-0.39, 0.29) is 5.91 Å². The number of aliphatic imine (C=N–C) groups is 1. The van der Waals surface area contributed by atoms with Gasteiger partial charge in [0, 0.05) is 51.0 Å². The molecule has 0 aliphatic carbocycles. The highest BCUT2D eigenvalue weighted by molar-refractivity contribution is 5.95. The quantitative estimate of drug-likeness (QED) is 0.479. The van der Waals surface area contributed by atoms with E-state index in [9.17, 15) is 4.79 Å². The van der Waals surface area contributed by atoms with Crippen molar-refractivity contribution in [1.82, 2.24) is 15.6 Å². The van der Waals surface area contributed by atoms with E-state index in [4.69, 9.17) is 4.99 Å². The number of nitrogens with zero attached hydrogens (tertiary/aromatic N) is 4. The van der Waals surface area contributed by atoms with Gasteiger partial charge in [0.2, 0.25) is 5.91 Å². The van der Waals surface area contributed by atoms with E-state index in [0.717, 1.165) is 61.2 Å². The molecule has 0 atom stereocenters.